The molecule has 4 N–H and O–H groups in total. The fourth-order valence-corrected chi connectivity index (χ4v) is 1.99. The van der Waals surface area contributed by atoms with Crippen molar-refractivity contribution in [3.05, 3.63) is 27.4 Å². The molecule has 1 aromatic heterocycles. The normalized spacial score (nSPS) is 12.8. The zero-order valence-electron chi connectivity index (χ0n) is 7.84. The minimum atomic E-state index is -1.35. The molecule has 2 rings (SSSR count). The molecular weight excluding hydrogens is 234 g/mol. The molecule has 6 nitrogen and oxygen atoms in total. The van der Waals surface area contributed by atoms with Crippen molar-refractivity contribution >= 4 is 27.6 Å². The van der Waals surface area contributed by atoms with Gasteiger partial charge >= 0.3 is 10.9 Å². The lowest BCUT2D eigenvalue weighted by molar-refractivity contribution is -0.138. The second kappa shape index (κ2) is 3.62. The third-order valence-electron chi connectivity index (χ3n) is 2.08. The van der Waals surface area contributed by atoms with Crippen molar-refractivity contribution in [2.75, 3.05) is 0 Å². The summed E-state index contributed by atoms with van der Waals surface area (Å²) in [7, 11) is 0. The first-order chi connectivity index (χ1) is 7.49. The van der Waals surface area contributed by atoms with Gasteiger partial charge in [-0.05, 0) is 6.07 Å². The number of fused-ring (bicyclic) bond motifs is 1. The van der Waals surface area contributed by atoms with Crippen LogP contribution in [-0.2, 0) is 4.79 Å². The molecule has 16 heavy (non-hydrogen) atoms. The number of phenols is 1. The highest BCUT2D eigenvalue weighted by atomic mass is 32.1. The molecule has 7 heteroatoms. The third kappa shape index (κ3) is 1.66. The van der Waals surface area contributed by atoms with Gasteiger partial charge in [-0.1, -0.05) is 11.3 Å². The number of hydrogen-bond donors (Lipinski definition) is 3. The van der Waals surface area contributed by atoms with Crippen LogP contribution in [0.5, 0.6) is 5.75 Å². The van der Waals surface area contributed by atoms with Crippen LogP contribution in [0, 0.1) is 0 Å². The number of hydrogen-bond acceptors (Lipinski definition) is 6. The molecule has 1 atom stereocenters. The molecule has 2 aromatic rings. The van der Waals surface area contributed by atoms with E-state index in [0.717, 1.165) is 11.3 Å². The molecule has 0 radical (unpaired) electrons. The predicted octanol–water partition coefficient (Wildman–Crippen LogP) is 0.645. The SMILES string of the molecule is NC(C(=O)O)c1cc2oc(=O)sc2cc1O. The number of nitrogens with two attached hydrogens (primary N) is 1. The van der Waals surface area contributed by atoms with Gasteiger partial charge in [0.2, 0.25) is 0 Å². The number of phenolic OH excluding ortho intramolecular Hbond substituents is 1. The van der Waals surface area contributed by atoms with E-state index in [1.54, 1.807) is 0 Å². The number of aromatic hydroxyl groups is 1. The standard InChI is InChI=1S/C9H7NO5S/c10-7(8(12)13)3-1-5-6(2-4(3)11)16-9(14)15-5/h1-2,7,11H,10H2,(H,12,13). The van der Waals surface area contributed by atoms with Crippen molar-refractivity contribution in [1.82, 2.24) is 0 Å². The van der Waals surface area contributed by atoms with E-state index in [9.17, 15) is 14.7 Å². The molecular formula is C9H7NO5S. The van der Waals surface area contributed by atoms with Crippen LogP contribution in [0.25, 0.3) is 10.3 Å². The predicted molar refractivity (Wildman–Crippen MR) is 56.6 cm³/mol. The fourth-order valence-electron chi connectivity index (χ4n) is 1.31. The Hall–Kier alpha value is -1.86. The van der Waals surface area contributed by atoms with Crippen molar-refractivity contribution in [1.29, 1.82) is 0 Å². The van der Waals surface area contributed by atoms with Gasteiger partial charge in [-0.3, -0.25) is 4.79 Å². The summed E-state index contributed by atoms with van der Waals surface area (Å²) in [6.45, 7) is 0. The maximum atomic E-state index is 10.9. The highest BCUT2D eigenvalue weighted by Crippen LogP contribution is 2.30. The number of carboxylic acid groups (broad SMARTS) is 1. The highest BCUT2D eigenvalue weighted by Gasteiger charge is 2.20. The Balaban J connectivity index is 2.66. The minimum absolute atomic E-state index is 0.0153. The summed E-state index contributed by atoms with van der Waals surface area (Å²) in [5.74, 6) is -1.54. The van der Waals surface area contributed by atoms with Gasteiger partial charge in [0.15, 0.2) is 0 Å². The summed E-state index contributed by atoms with van der Waals surface area (Å²) in [6.07, 6.45) is 0. The second-order valence-corrected chi connectivity index (χ2v) is 4.11. The molecule has 0 amide bonds. The van der Waals surface area contributed by atoms with E-state index in [2.05, 4.69) is 0 Å². The van der Waals surface area contributed by atoms with Crippen molar-refractivity contribution in [3.63, 3.8) is 0 Å². The Morgan fingerprint density at radius 3 is 2.81 bits per heavy atom. The van der Waals surface area contributed by atoms with Crippen molar-refractivity contribution < 1.29 is 19.4 Å². The van der Waals surface area contributed by atoms with E-state index in [1.165, 1.54) is 12.1 Å². The number of benzene rings is 1. The molecule has 0 saturated heterocycles. The summed E-state index contributed by atoms with van der Waals surface area (Å²) in [5.41, 5.74) is 5.60. The van der Waals surface area contributed by atoms with Crippen LogP contribution in [0.15, 0.2) is 21.3 Å². The van der Waals surface area contributed by atoms with Crippen LogP contribution >= 0.6 is 11.3 Å². The van der Waals surface area contributed by atoms with E-state index in [0.29, 0.717) is 4.70 Å². The largest absolute Gasteiger partial charge is 0.508 e. The van der Waals surface area contributed by atoms with Crippen LogP contribution < -0.4 is 10.7 Å². The van der Waals surface area contributed by atoms with E-state index >= 15 is 0 Å². The summed E-state index contributed by atoms with van der Waals surface area (Å²) in [4.78, 5) is 21.1. The summed E-state index contributed by atoms with van der Waals surface area (Å²) >= 11 is 0.825. The molecule has 0 spiro atoms. The first kappa shape index (κ1) is 10.7. The van der Waals surface area contributed by atoms with Crippen LogP contribution in [0.3, 0.4) is 0 Å². The average molecular weight is 241 g/mol. The van der Waals surface area contributed by atoms with Gasteiger partial charge in [0.05, 0.1) is 4.70 Å². The van der Waals surface area contributed by atoms with Crippen molar-refractivity contribution in [3.8, 4) is 5.75 Å². The lowest BCUT2D eigenvalue weighted by Gasteiger charge is -2.08. The molecule has 0 aliphatic heterocycles. The topological polar surface area (TPSA) is 114 Å². The van der Waals surface area contributed by atoms with Gasteiger partial charge in [0, 0.05) is 11.6 Å². The number of carbonyl (C=O) groups is 1. The lowest BCUT2D eigenvalue weighted by Crippen LogP contribution is -2.20. The minimum Gasteiger partial charge on any atom is -0.508 e. The first-order valence-electron chi connectivity index (χ1n) is 4.24. The Morgan fingerprint density at radius 1 is 1.50 bits per heavy atom. The van der Waals surface area contributed by atoms with Crippen molar-refractivity contribution in [2.45, 2.75) is 6.04 Å². The van der Waals surface area contributed by atoms with Crippen LogP contribution in [-0.4, -0.2) is 16.2 Å². The van der Waals surface area contributed by atoms with Gasteiger partial charge in [0.25, 0.3) is 0 Å². The average Bonchev–Trinajstić information content (AvgIpc) is 2.54. The third-order valence-corrected chi connectivity index (χ3v) is 2.87. The van der Waals surface area contributed by atoms with Crippen LogP contribution in [0.4, 0.5) is 0 Å². The summed E-state index contributed by atoms with van der Waals surface area (Å²) < 4.78 is 5.24. The number of aliphatic carboxylic acids is 1. The van der Waals surface area contributed by atoms with Gasteiger partial charge in [0.1, 0.15) is 17.4 Å². The molecule has 0 bridgehead atoms. The monoisotopic (exact) mass is 241 g/mol. The second-order valence-electron chi connectivity index (χ2n) is 3.13. The first-order valence-corrected chi connectivity index (χ1v) is 5.05. The van der Waals surface area contributed by atoms with E-state index < -0.39 is 17.0 Å². The van der Waals surface area contributed by atoms with Crippen LogP contribution in [0.1, 0.15) is 11.6 Å². The zero-order valence-corrected chi connectivity index (χ0v) is 8.65. The van der Waals surface area contributed by atoms with Crippen molar-refractivity contribution in [2.24, 2.45) is 5.73 Å². The molecule has 1 aromatic carbocycles. The smallest absolute Gasteiger partial charge is 0.396 e. The fraction of sp³-hybridized carbons (Fsp3) is 0.111. The molecule has 0 saturated carbocycles. The van der Waals surface area contributed by atoms with Gasteiger partial charge in [-0.25, -0.2) is 4.79 Å². The van der Waals surface area contributed by atoms with Gasteiger partial charge in [-0.2, -0.15) is 0 Å². The quantitative estimate of drug-likeness (QED) is 0.711. The molecule has 0 aliphatic carbocycles. The number of carboxylic acids is 1. The highest BCUT2D eigenvalue weighted by molar-refractivity contribution is 7.16. The Labute approximate surface area is 92.5 Å². The number of rotatable bonds is 2. The van der Waals surface area contributed by atoms with E-state index in [1.807, 2.05) is 0 Å². The Kier molecular flexibility index (Phi) is 2.41. The van der Waals surface area contributed by atoms with Gasteiger partial charge < -0.3 is 20.4 Å². The van der Waals surface area contributed by atoms with E-state index in [4.69, 9.17) is 15.3 Å². The molecule has 0 aliphatic rings. The summed E-state index contributed by atoms with van der Waals surface area (Å²) in [6, 6.07) is 1.18. The van der Waals surface area contributed by atoms with Crippen LogP contribution in [0.2, 0.25) is 0 Å². The molecule has 0 fully saturated rings. The Bertz CT molecular complexity index is 614. The molecule has 1 heterocycles. The zero-order chi connectivity index (χ0) is 11.9. The van der Waals surface area contributed by atoms with E-state index in [-0.39, 0.29) is 16.9 Å². The molecule has 1 unspecified atom stereocenters. The summed E-state index contributed by atoms with van der Waals surface area (Å²) in [5, 5.41) is 18.3. The molecule has 84 valence electrons. The lowest BCUT2D eigenvalue weighted by atomic mass is 10.1. The maximum absolute atomic E-state index is 10.9. The van der Waals surface area contributed by atoms with Gasteiger partial charge in [-0.15, -0.1) is 0 Å². The maximum Gasteiger partial charge on any atom is 0.396 e. The Morgan fingerprint density at radius 2 is 2.19 bits per heavy atom.